The summed E-state index contributed by atoms with van der Waals surface area (Å²) in [6.45, 7) is 1.01. The first-order chi connectivity index (χ1) is 18.5. The number of fused-ring (bicyclic) bond motifs is 1. The second-order valence-corrected chi connectivity index (χ2v) is 8.37. The molecule has 0 radical (unpaired) electrons. The molecule has 0 spiro atoms. The zero-order valence-corrected chi connectivity index (χ0v) is 20.7. The molecule has 0 saturated heterocycles. The van der Waals surface area contributed by atoms with Crippen LogP contribution in [0.2, 0.25) is 0 Å². The molecular weight excluding hydrogens is 494 g/mol. The van der Waals surface area contributed by atoms with E-state index in [1.807, 2.05) is 18.2 Å². The van der Waals surface area contributed by atoms with Crippen LogP contribution < -0.4 is 31.0 Å². The van der Waals surface area contributed by atoms with Gasteiger partial charge in [0.25, 0.3) is 11.8 Å². The smallest absolute Gasteiger partial charge is 0.292 e. The zero-order valence-electron chi connectivity index (χ0n) is 20.7. The molecule has 2 aromatic heterocycles. The Balaban J connectivity index is 1.43. The second-order valence-electron chi connectivity index (χ2n) is 8.37. The largest absolute Gasteiger partial charge is 0.496 e. The number of anilines is 2. The molecule has 4 N–H and O–H groups in total. The van der Waals surface area contributed by atoms with Gasteiger partial charge in [0.2, 0.25) is 11.6 Å². The number of hydrogen-bond acceptors (Lipinski definition) is 11. The molecule has 196 valence electrons. The number of carbonyl (C=O) groups is 2. The number of amides is 2. The van der Waals surface area contributed by atoms with E-state index in [1.165, 1.54) is 24.5 Å². The van der Waals surface area contributed by atoms with Crippen LogP contribution in [0, 0.1) is 0 Å². The number of hydrogen-bond donors (Lipinski definition) is 3. The number of nitrogens with two attached hydrogens (primary N) is 1. The van der Waals surface area contributed by atoms with Crippen molar-refractivity contribution >= 4 is 23.3 Å². The standard InChI is InChI=1S/C24H25N9O5/c1-36-17-10-5-11-18(37-2)19(17)23(34)27-28-24(35)20-16(33(31-26-20)22-21(25)29-38-30-22)13-32-12-6-8-14-7-3-4-9-15(14)32/h3-5,7,9-11H,6,8,12-13H2,1-2H3,(H2,25,29)(H,27,34)(H,28,35). The molecule has 0 unspecified atom stereocenters. The number of nitrogens with one attached hydrogen (secondary N) is 2. The molecule has 1 aliphatic rings. The molecule has 14 nitrogen and oxygen atoms in total. The lowest BCUT2D eigenvalue weighted by molar-refractivity contribution is 0.0839. The van der Waals surface area contributed by atoms with Crippen molar-refractivity contribution in [1.29, 1.82) is 0 Å². The van der Waals surface area contributed by atoms with E-state index in [2.05, 4.69) is 42.4 Å². The van der Waals surface area contributed by atoms with E-state index in [9.17, 15) is 9.59 Å². The molecule has 3 heterocycles. The van der Waals surface area contributed by atoms with Crippen molar-refractivity contribution in [2.24, 2.45) is 0 Å². The van der Waals surface area contributed by atoms with Crippen molar-refractivity contribution < 1.29 is 23.7 Å². The molecule has 2 amide bonds. The Hall–Kier alpha value is -5.14. The maximum atomic E-state index is 13.3. The summed E-state index contributed by atoms with van der Waals surface area (Å²) in [5.41, 5.74) is 13.4. The lowest BCUT2D eigenvalue weighted by atomic mass is 10.0. The van der Waals surface area contributed by atoms with E-state index in [0.29, 0.717) is 5.69 Å². The fourth-order valence-corrected chi connectivity index (χ4v) is 4.39. The average molecular weight is 520 g/mol. The first-order valence-corrected chi connectivity index (χ1v) is 11.7. The Labute approximate surface area is 216 Å². The predicted molar refractivity (Wildman–Crippen MR) is 134 cm³/mol. The third-order valence-corrected chi connectivity index (χ3v) is 6.17. The average Bonchev–Trinajstić information content (AvgIpc) is 3.56. The van der Waals surface area contributed by atoms with E-state index in [0.717, 1.165) is 25.1 Å². The molecule has 5 rings (SSSR count). The second kappa shape index (κ2) is 10.5. The fourth-order valence-electron chi connectivity index (χ4n) is 4.39. The van der Waals surface area contributed by atoms with Crippen LogP contribution in [-0.2, 0) is 13.0 Å². The molecule has 0 atom stereocenters. The third-order valence-electron chi connectivity index (χ3n) is 6.17. The number of aryl methyl sites for hydroxylation is 1. The summed E-state index contributed by atoms with van der Waals surface area (Å²) in [7, 11) is 2.86. The lowest BCUT2D eigenvalue weighted by Crippen LogP contribution is -2.42. The number of carbonyl (C=O) groups excluding carboxylic acids is 2. The highest BCUT2D eigenvalue weighted by Crippen LogP contribution is 2.30. The summed E-state index contributed by atoms with van der Waals surface area (Å²) < 4.78 is 16.6. The minimum Gasteiger partial charge on any atom is -0.496 e. The number of hydrazine groups is 1. The van der Waals surface area contributed by atoms with Gasteiger partial charge in [-0.15, -0.1) is 5.10 Å². The summed E-state index contributed by atoms with van der Waals surface area (Å²) in [6.07, 6.45) is 1.89. The number of nitrogen functional groups attached to an aromatic ring is 1. The molecular formula is C24H25N9O5. The normalized spacial score (nSPS) is 12.5. The number of methoxy groups -OCH3 is 2. The molecule has 0 saturated carbocycles. The third kappa shape index (κ3) is 4.54. The van der Waals surface area contributed by atoms with Gasteiger partial charge in [0.1, 0.15) is 17.1 Å². The lowest BCUT2D eigenvalue weighted by Gasteiger charge is -2.31. The Kier molecular flexibility index (Phi) is 6.76. The number of nitrogens with zero attached hydrogens (tertiary/aromatic N) is 6. The molecule has 4 aromatic rings. The van der Waals surface area contributed by atoms with Crippen LogP contribution in [0.25, 0.3) is 5.82 Å². The van der Waals surface area contributed by atoms with Crippen molar-refractivity contribution in [3.8, 4) is 17.3 Å². The van der Waals surface area contributed by atoms with Crippen molar-refractivity contribution in [2.75, 3.05) is 31.4 Å². The number of aromatic nitrogens is 5. The molecule has 0 bridgehead atoms. The Morgan fingerprint density at radius 2 is 1.76 bits per heavy atom. The number of para-hydroxylation sites is 1. The summed E-state index contributed by atoms with van der Waals surface area (Å²) in [6, 6.07) is 12.9. The van der Waals surface area contributed by atoms with E-state index >= 15 is 0 Å². The molecule has 38 heavy (non-hydrogen) atoms. The number of ether oxygens (including phenoxy) is 2. The molecule has 2 aromatic carbocycles. The van der Waals surface area contributed by atoms with Gasteiger partial charge in [-0.05, 0) is 46.9 Å². The van der Waals surface area contributed by atoms with Gasteiger partial charge >= 0.3 is 0 Å². The number of rotatable bonds is 7. The van der Waals surface area contributed by atoms with E-state index in [1.54, 1.807) is 18.2 Å². The van der Waals surface area contributed by atoms with E-state index < -0.39 is 11.8 Å². The maximum Gasteiger partial charge on any atom is 0.292 e. The summed E-state index contributed by atoms with van der Waals surface area (Å²) in [4.78, 5) is 28.3. The van der Waals surface area contributed by atoms with Crippen LogP contribution in [-0.4, -0.2) is 57.9 Å². The van der Waals surface area contributed by atoms with Crippen LogP contribution in [0.15, 0.2) is 47.1 Å². The molecule has 0 fully saturated rings. The van der Waals surface area contributed by atoms with Gasteiger partial charge in [-0.1, -0.05) is 29.5 Å². The van der Waals surface area contributed by atoms with Crippen LogP contribution >= 0.6 is 0 Å². The quantitative estimate of drug-likeness (QED) is 0.300. The minimum absolute atomic E-state index is 0.0151. The highest BCUT2D eigenvalue weighted by molar-refractivity contribution is 6.02. The number of benzene rings is 2. The van der Waals surface area contributed by atoms with Crippen molar-refractivity contribution in [2.45, 2.75) is 19.4 Å². The summed E-state index contributed by atoms with van der Waals surface area (Å²) in [5, 5.41) is 15.6. The minimum atomic E-state index is -0.700. The predicted octanol–water partition coefficient (Wildman–Crippen LogP) is 1.28. The zero-order chi connectivity index (χ0) is 26.6. The van der Waals surface area contributed by atoms with Gasteiger partial charge in [0.05, 0.1) is 26.5 Å². The fraction of sp³-hybridized carbons (Fsp3) is 0.250. The Morgan fingerprint density at radius 1 is 1.03 bits per heavy atom. The van der Waals surface area contributed by atoms with E-state index in [4.69, 9.17) is 19.8 Å². The van der Waals surface area contributed by atoms with Gasteiger partial charge < -0.3 is 20.1 Å². The molecule has 0 aliphatic carbocycles. The summed E-state index contributed by atoms with van der Waals surface area (Å²) in [5.74, 6) is -0.704. The molecule has 1 aliphatic heterocycles. The van der Waals surface area contributed by atoms with E-state index in [-0.39, 0.29) is 40.9 Å². The Morgan fingerprint density at radius 3 is 2.47 bits per heavy atom. The van der Waals surface area contributed by atoms with Crippen molar-refractivity contribution in [3.05, 3.63) is 65.0 Å². The van der Waals surface area contributed by atoms with Crippen LogP contribution in [0.4, 0.5) is 11.5 Å². The SMILES string of the molecule is COc1cccc(OC)c1C(=O)NNC(=O)c1nnn(-c2nonc2N)c1CN1CCCc2ccccc21. The molecule has 14 heteroatoms. The van der Waals surface area contributed by atoms with Crippen LogP contribution in [0.1, 0.15) is 38.5 Å². The maximum absolute atomic E-state index is 13.3. The topological polar surface area (TPSA) is 176 Å². The van der Waals surface area contributed by atoms with Crippen molar-refractivity contribution in [3.63, 3.8) is 0 Å². The Bertz CT molecular complexity index is 1460. The van der Waals surface area contributed by atoms with Crippen LogP contribution in [0.5, 0.6) is 11.5 Å². The van der Waals surface area contributed by atoms with Gasteiger partial charge in [-0.2, -0.15) is 4.68 Å². The highest BCUT2D eigenvalue weighted by Gasteiger charge is 2.28. The van der Waals surface area contributed by atoms with Gasteiger partial charge in [-0.3, -0.25) is 20.4 Å². The first kappa shape index (κ1) is 24.5. The summed E-state index contributed by atoms with van der Waals surface area (Å²) >= 11 is 0. The van der Waals surface area contributed by atoms with Crippen LogP contribution in [0.3, 0.4) is 0 Å². The monoisotopic (exact) mass is 519 g/mol. The van der Waals surface area contributed by atoms with Gasteiger partial charge in [0.15, 0.2) is 5.69 Å². The van der Waals surface area contributed by atoms with Gasteiger partial charge in [-0.25, -0.2) is 4.63 Å². The highest BCUT2D eigenvalue weighted by atomic mass is 16.6. The first-order valence-electron chi connectivity index (χ1n) is 11.7. The van der Waals surface area contributed by atoms with Gasteiger partial charge in [0, 0.05) is 12.2 Å². The van der Waals surface area contributed by atoms with Crippen molar-refractivity contribution in [1.82, 2.24) is 36.2 Å².